The van der Waals surface area contributed by atoms with Crippen molar-refractivity contribution in [1.29, 1.82) is 0 Å². The number of rotatable bonds is 8. The lowest BCUT2D eigenvalue weighted by atomic mass is 10.0. The molecule has 0 radical (unpaired) electrons. The maximum absolute atomic E-state index is 13.0. The molecule has 0 aliphatic carbocycles. The lowest BCUT2D eigenvalue weighted by Gasteiger charge is -2.26. The summed E-state index contributed by atoms with van der Waals surface area (Å²) in [7, 11) is 0. The number of hydrogen-bond donors (Lipinski definition) is 1. The summed E-state index contributed by atoms with van der Waals surface area (Å²) >= 11 is 0. The molecule has 1 N–H and O–H groups in total. The van der Waals surface area contributed by atoms with Gasteiger partial charge in [-0.2, -0.15) is 13.2 Å². The van der Waals surface area contributed by atoms with E-state index in [1.54, 1.807) is 37.5 Å². The highest BCUT2D eigenvalue weighted by Gasteiger charge is 2.30. The predicted molar refractivity (Wildman–Crippen MR) is 124 cm³/mol. The molecule has 1 aromatic carbocycles. The minimum atomic E-state index is -4.42. The van der Waals surface area contributed by atoms with E-state index in [-0.39, 0.29) is 12.5 Å². The summed E-state index contributed by atoms with van der Waals surface area (Å²) in [5, 5.41) is 9.66. The molecule has 1 amide bonds. The van der Waals surface area contributed by atoms with Gasteiger partial charge in [-0.3, -0.25) is 14.7 Å². The number of aliphatic hydroxyl groups is 1. The molecule has 1 atom stereocenters. The molecular weight excluding hydrogens is 445 g/mol. The fourth-order valence-corrected chi connectivity index (χ4v) is 3.48. The predicted octanol–water partition coefficient (Wildman–Crippen LogP) is 5.27. The summed E-state index contributed by atoms with van der Waals surface area (Å²) in [5.41, 5.74) is 2.58. The van der Waals surface area contributed by atoms with Gasteiger partial charge in [-0.1, -0.05) is 26.0 Å². The zero-order valence-electron chi connectivity index (χ0n) is 19.0. The standard InChI is InChI=1S/C25H25F3N4O2/c1-16(2)22(13-33)32(15-34)14-30-23-17(3)11-21(31-24(23)19-5-4-10-29-12-19)18-6-8-20(9-7-18)25(26,27)28/h4-12,14-16,22,33H,13H2,1-3H3. The summed E-state index contributed by atoms with van der Waals surface area (Å²) in [6, 6.07) is 9.62. The van der Waals surface area contributed by atoms with Crippen molar-refractivity contribution < 1.29 is 23.1 Å². The molecule has 34 heavy (non-hydrogen) atoms. The highest BCUT2D eigenvalue weighted by atomic mass is 19.4. The van der Waals surface area contributed by atoms with Crippen molar-refractivity contribution in [3.8, 4) is 22.5 Å². The fourth-order valence-electron chi connectivity index (χ4n) is 3.48. The minimum Gasteiger partial charge on any atom is -0.394 e. The molecule has 178 valence electrons. The summed E-state index contributed by atoms with van der Waals surface area (Å²) in [5.74, 6) is 0.000659. The summed E-state index contributed by atoms with van der Waals surface area (Å²) in [4.78, 5) is 26.2. The molecule has 0 bridgehead atoms. The number of alkyl halides is 3. The highest BCUT2D eigenvalue weighted by Crippen LogP contribution is 2.36. The Morgan fingerprint density at radius 3 is 2.38 bits per heavy atom. The average molecular weight is 470 g/mol. The van der Waals surface area contributed by atoms with E-state index in [1.807, 2.05) is 13.8 Å². The maximum Gasteiger partial charge on any atom is 0.416 e. The van der Waals surface area contributed by atoms with Gasteiger partial charge in [0.1, 0.15) is 0 Å². The number of aliphatic hydroxyl groups excluding tert-OH is 1. The number of halogens is 3. The molecule has 0 aliphatic rings. The molecule has 0 aliphatic heterocycles. The van der Waals surface area contributed by atoms with Gasteiger partial charge in [-0.15, -0.1) is 0 Å². The zero-order chi connectivity index (χ0) is 24.9. The van der Waals surface area contributed by atoms with Crippen LogP contribution in [0.1, 0.15) is 25.0 Å². The van der Waals surface area contributed by atoms with Crippen LogP contribution in [0.3, 0.4) is 0 Å². The number of hydrogen-bond acceptors (Lipinski definition) is 5. The largest absolute Gasteiger partial charge is 0.416 e. The first-order valence-electron chi connectivity index (χ1n) is 10.6. The molecule has 0 fully saturated rings. The lowest BCUT2D eigenvalue weighted by molar-refractivity contribution is -0.137. The van der Waals surface area contributed by atoms with Gasteiger partial charge in [0.15, 0.2) is 0 Å². The van der Waals surface area contributed by atoms with Crippen LogP contribution in [0.2, 0.25) is 0 Å². The number of pyridine rings is 2. The topological polar surface area (TPSA) is 78.7 Å². The molecule has 2 aromatic heterocycles. The third-order valence-corrected chi connectivity index (χ3v) is 5.41. The van der Waals surface area contributed by atoms with Crippen molar-refractivity contribution in [2.24, 2.45) is 10.9 Å². The molecule has 0 saturated heterocycles. The second-order valence-corrected chi connectivity index (χ2v) is 8.13. The summed E-state index contributed by atoms with van der Waals surface area (Å²) < 4.78 is 38.9. The molecule has 3 rings (SSSR count). The van der Waals surface area contributed by atoms with Crippen LogP contribution < -0.4 is 0 Å². The smallest absolute Gasteiger partial charge is 0.394 e. The van der Waals surface area contributed by atoms with Gasteiger partial charge in [-0.25, -0.2) is 9.98 Å². The first-order chi connectivity index (χ1) is 16.2. The molecular formula is C25H25F3N4O2. The second kappa shape index (κ2) is 10.6. The zero-order valence-corrected chi connectivity index (χ0v) is 19.0. The van der Waals surface area contributed by atoms with Gasteiger partial charge in [0.2, 0.25) is 6.41 Å². The van der Waals surface area contributed by atoms with Gasteiger partial charge in [0.05, 0.1) is 41.6 Å². The third kappa shape index (κ3) is 5.66. The number of carbonyl (C=O) groups is 1. The van der Waals surface area contributed by atoms with Gasteiger partial charge in [0, 0.05) is 23.5 Å². The van der Waals surface area contributed by atoms with E-state index in [0.29, 0.717) is 40.2 Å². The number of carbonyl (C=O) groups excluding carboxylic acids is 1. The van der Waals surface area contributed by atoms with Crippen molar-refractivity contribution >= 4 is 18.4 Å². The molecule has 9 heteroatoms. The number of nitrogens with zero attached hydrogens (tertiary/aromatic N) is 4. The molecule has 3 aromatic rings. The summed E-state index contributed by atoms with van der Waals surface area (Å²) in [6.07, 6.45) is 0.762. The Morgan fingerprint density at radius 1 is 1.15 bits per heavy atom. The van der Waals surface area contributed by atoms with Crippen molar-refractivity contribution in [2.75, 3.05) is 6.61 Å². The van der Waals surface area contributed by atoms with E-state index in [4.69, 9.17) is 0 Å². The van der Waals surface area contributed by atoms with Crippen LogP contribution in [-0.2, 0) is 11.0 Å². The Labute approximate surface area is 195 Å². The van der Waals surface area contributed by atoms with Crippen molar-refractivity contribution in [3.05, 3.63) is 66.0 Å². The van der Waals surface area contributed by atoms with E-state index in [1.165, 1.54) is 23.4 Å². The van der Waals surface area contributed by atoms with E-state index >= 15 is 0 Å². The van der Waals surface area contributed by atoms with E-state index in [9.17, 15) is 23.1 Å². The molecule has 0 saturated carbocycles. The highest BCUT2D eigenvalue weighted by molar-refractivity contribution is 5.82. The van der Waals surface area contributed by atoms with Gasteiger partial charge in [-0.05, 0) is 48.7 Å². The Bertz CT molecular complexity index is 1150. The first kappa shape index (κ1) is 25.0. The Kier molecular flexibility index (Phi) is 7.78. The van der Waals surface area contributed by atoms with Gasteiger partial charge >= 0.3 is 6.18 Å². The van der Waals surface area contributed by atoms with Crippen LogP contribution in [-0.4, -0.2) is 45.4 Å². The normalized spacial score (nSPS) is 12.8. The second-order valence-electron chi connectivity index (χ2n) is 8.13. The van der Waals surface area contributed by atoms with Crippen molar-refractivity contribution in [2.45, 2.75) is 33.0 Å². The quantitative estimate of drug-likeness (QED) is 0.276. The van der Waals surface area contributed by atoms with Crippen molar-refractivity contribution in [3.63, 3.8) is 0 Å². The third-order valence-electron chi connectivity index (χ3n) is 5.41. The molecule has 1 unspecified atom stereocenters. The molecule has 0 spiro atoms. The molecule has 2 heterocycles. The van der Waals surface area contributed by atoms with Crippen LogP contribution in [0.5, 0.6) is 0 Å². The van der Waals surface area contributed by atoms with Crippen LogP contribution >= 0.6 is 0 Å². The van der Waals surface area contributed by atoms with E-state index in [0.717, 1.165) is 12.1 Å². The molecule has 6 nitrogen and oxygen atoms in total. The Hall–Kier alpha value is -3.59. The van der Waals surface area contributed by atoms with E-state index < -0.39 is 17.8 Å². The minimum absolute atomic E-state index is 0.000659. The van der Waals surface area contributed by atoms with Crippen LogP contribution in [0.25, 0.3) is 22.5 Å². The van der Waals surface area contributed by atoms with Gasteiger partial charge in [0.25, 0.3) is 0 Å². The Balaban J connectivity index is 2.10. The van der Waals surface area contributed by atoms with Crippen LogP contribution in [0, 0.1) is 12.8 Å². The maximum atomic E-state index is 13.0. The number of amides is 1. The number of aromatic nitrogens is 2. The monoisotopic (exact) mass is 470 g/mol. The van der Waals surface area contributed by atoms with Crippen molar-refractivity contribution in [1.82, 2.24) is 14.9 Å². The average Bonchev–Trinajstić information content (AvgIpc) is 2.81. The van der Waals surface area contributed by atoms with E-state index in [2.05, 4.69) is 15.0 Å². The first-order valence-corrected chi connectivity index (χ1v) is 10.6. The van der Waals surface area contributed by atoms with Gasteiger partial charge < -0.3 is 5.11 Å². The fraction of sp³-hybridized carbons (Fsp3) is 0.280. The van der Waals surface area contributed by atoms with Crippen LogP contribution in [0.15, 0.2) is 59.9 Å². The summed E-state index contributed by atoms with van der Waals surface area (Å²) in [6.45, 7) is 5.36. The lowest BCUT2D eigenvalue weighted by Crippen LogP contribution is -2.39. The number of aryl methyl sites for hydroxylation is 1. The Morgan fingerprint density at radius 2 is 1.85 bits per heavy atom. The van der Waals surface area contributed by atoms with Crippen LogP contribution in [0.4, 0.5) is 18.9 Å². The SMILES string of the molecule is Cc1cc(-c2ccc(C(F)(F)F)cc2)nc(-c2cccnc2)c1N=CN(C=O)C(CO)C(C)C. The number of aliphatic imine (C=N–C) groups is 1. The number of benzene rings is 1.